The summed E-state index contributed by atoms with van der Waals surface area (Å²) in [6.07, 6.45) is 4.31. The van der Waals surface area contributed by atoms with Gasteiger partial charge in [-0.3, -0.25) is 0 Å². The van der Waals surface area contributed by atoms with Crippen molar-refractivity contribution in [1.82, 2.24) is 5.32 Å². The Balaban J connectivity index is 0.000000845. The molecule has 2 atom stereocenters. The van der Waals surface area contributed by atoms with Gasteiger partial charge in [-0.2, -0.15) is 0 Å². The number of nitrogens with one attached hydrogen (secondary N) is 1. The first kappa shape index (κ1) is 11.2. The van der Waals surface area contributed by atoms with E-state index in [9.17, 15) is 10.2 Å². The van der Waals surface area contributed by atoms with Crippen molar-refractivity contribution in [3.63, 3.8) is 0 Å². The van der Waals surface area contributed by atoms with E-state index in [2.05, 4.69) is 5.32 Å². The van der Waals surface area contributed by atoms with Gasteiger partial charge < -0.3 is 15.5 Å². The first-order valence-electron chi connectivity index (χ1n) is 4.82. The molecule has 0 amide bonds. The van der Waals surface area contributed by atoms with Crippen molar-refractivity contribution in [3.05, 3.63) is 0 Å². The van der Waals surface area contributed by atoms with Gasteiger partial charge in [0.15, 0.2) is 0 Å². The lowest BCUT2D eigenvalue weighted by molar-refractivity contribution is -0.187. The Bertz CT molecular complexity index is 154. The number of rotatable bonds is 0. The Labute approximate surface area is 84.9 Å². The highest BCUT2D eigenvalue weighted by Gasteiger charge is 2.51. The van der Waals surface area contributed by atoms with E-state index >= 15 is 0 Å². The molecule has 0 spiro atoms. The molecule has 78 valence electrons. The highest BCUT2D eigenvalue weighted by molar-refractivity contribution is 5.85. The molecule has 1 saturated heterocycles. The smallest absolute Gasteiger partial charge is 0.106 e. The Hall–Kier alpha value is 0.170. The van der Waals surface area contributed by atoms with Crippen LogP contribution in [0, 0.1) is 0 Å². The molecule has 3 N–H and O–H groups in total. The van der Waals surface area contributed by atoms with Crippen LogP contribution in [0.2, 0.25) is 0 Å². The molecule has 1 aliphatic carbocycles. The van der Waals surface area contributed by atoms with Gasteiger partial charge >= 0.3 is 0 Å². The minimum atomic E-state index is -0.844. The van der Waals surface area contributed by atoms with E-state index < -0.39 is 11.2 Å². The topological polar surface area (TPSA) is 52.5 Å². The highest BCUT2D eigenvalue weighted by Crippen LogP contribution is 2.40. The van der Waals surface area contributed by atoms with E-state index in [1.165, 1.54) is 0 Å². The summed E-state index contributed by atoms with van der Waals surface area (Å²) in [6.45, 7) is 1.39. The molecule has 2 rings (SSSR count). The van der Waals surface area contributed by atoms with Crippen LogP contribution in [0.1, 0.15) is 32.1 Å². The van der Waals surface area contributed by atoms with Gasteiger partial charge in [0.05, 0.1) is 5.60 Å². The van der Waals surface area contributed by atoms with E-state index in [-0.39, 0.29) is 12.4 Å². The molecule has 0 aromatic carbocycles. The third-order valence-electron chi connectivity index (χ3n) is 3.43. The van der Waals surface area contributed by atoms with Crippen molar-refractivity contribution in [2.24, 2.45) is 0 Å². The van der Waals surface area contributed by atoms with Crippen LogP contribution in [-0.2, 0) is 0 Å². The standard InChI is InChI=1S/C9H17NO2.ClH/c11-8-3-1-2-4-9(8,12)7-10-6-5-8;/h10-12H,1-7H2;1H/t8-,9+;/m0./s1. The monoisotopic (exact) mass is 207 g/mol. The summed E-state index contributed by atoms with van der Waals surface area (Å²) in [5.41, 5.74) is -1.64. The maximum absolute atomic E-state index is 10.2. The molecule has 1 heterocycles. The lowest BCUT2D eigenvalue weighted by Crippen LogP contribution is -2.65. The average Bonchev–Trinajstić information content (AvgIpc) is 2.05. The fourth-order valence-electron chi connectivity index (χ4n) is 2.50. The van der Waals surface area contributed by atoms with Crippen molar-refractivity contribution in [3.8, 4) is 0 Å². The molecular formula is C9H18ClNO2. The van der Waals surface area contributed by atoms with Crippen LogP contribution >= 0.6 is 12.4 Å². The fourth-order valence-corrected chi connectivity index (χ4v) is 2.50. The molecule has 0 bridgehead atoms. The lowest BCUT2D eigenvalue weighted by Gasteiger charge is -2.50. The zero-order valence-electron chi connectivity index (χ0n) is 7.75. The maximum Gasteiger partial charge on any atom is 0.106 e. The van der Waals surface area contributed by atoms with Gasteiger partial charge in [0.2, 0.25) is 0 Å². The number of β-amino-alcohol motifs (C(OH)–C–C–N with tert-alkyl or cyclic N) is 1. The Kier molecular flexibility index (Phi) is 3.23. The molecule has 3 nitrogen and oxygen atoms in total. The molecular weight excluding hydrogens is 190 g/mol. The van der Waals surface area contributed by atoms with Crippen molar-refractivity contribution in [1.29, 1.82) is 0 Å². The van der Waals surface area contributed by atoms with Crippen LogP contribution in [-0.4, -0.2) is 34.5 Å². The second-order valence-electron chi connectivity index (χ2n) is 4.20. The lowest BCUT2D eigenvalue weighted by atomic mass is 9.68. The summed E-state index contributed by atoms with van der Waals surface area (Å²) >= 11 is 0. The number of aliphatic hydroxyl groups is 2. The fraction of sp³-hybridized carbons (Fsp3) is 1.00. The van der Waals surface area contributed by atoms with Crippen LogP contribution in [0.25, 0.3) is 0 Å². The molecule has 0 unspecified atom stereocenters. The van der Waals surface area contributed by atoms with Crippen LogP contribution in [0.5, 0.6) is 0 Å². The van der Waals surface area contributed by atoms with Gasteiger partial charge in [-0.25, -0.2) is 0 Å². The molecule has 2 aliphatic rings. The molecule has 2 fully saturated rings. The second-order valence-corrected chi connectivity index (χ2v) is 4.20. The van der Waals surface area contributed by atoms with E-state index in [1.54, 1.807) is 0 Å². The Morgan fingerprint density at radius 2 is 1.54 bits per heavy atom. The molecule has 1 aliphatic heterocycles. The molecule has 13 heavy (non-hydrogen) atoms. The van der Waals surface area contributed by atoms with Crippen molar-refractivity contribution < 1.29 is 10.2 Å². The normalized spacial score (nSPS) is 44.8. The van der Waals surface area contributed by atoms with Gasteiger partial charge in [0, 0.05) is 6.54 Å². The summed E-state index contributed by atoms with van der Waals surface area (Å²) in [7, 11) is 0. The van der Waals surface area contributed by atoms with Crippen LogP contribution in [0.4, 0.5) is 0 Å². The third kappa shape index (κ3) is 1.71. The number of hydrogen-bond acceptors (Lipinski definition) is 3. The number of fused-ring (bicyclic) bond motifs is 1. The Morgan fingerprint density at radius 3 is 2.15 bits per heavy atom. The Morgan fingerprint density at radius 1 is 0.923 bits per heavy atom. The van der Waals surface area contributed by atoms with Crippen LogP contribution in [0.3, 0.4) is 0 Å². The SMILES string of the molecule is Cl.O[C@]12CCCC[C@@]1(O)CNCC2. The van der Waals surface area contributed by atoms with E-state index in [0.717, 1.165) is 32.2 Å². The van der Waals surface area contributed by atoms with E-state index in [1.807, 2.05) is 0 Å². The quantitative estimate of drug-likeness (QED) is 0.540. The second kappa shape index (κ2) is 3.73. The van der Waals surface area contributed by atoms with Crippen molar-refractivity contribution >= 4 is 12.4 Å². The largest absolute Gasteiger partial charge is 0.387 e. The van der Waals surface area contributed by atoms with Gasteiger partial charge in [0.1, 0.15) is 5.60 Å². The molecule has 4 heteroatoms. The molecule has 0 radical (unpaired) electrons. The predicted octanol–water partition coefficient (Wildman–Crippen LogP) is 0.438. The predicted molar refractivity (Wildman–Crippen MR) is 53.1 cm³/mol. The molecule has 1 saturated carbocycles. The van der Waals surface area contributed by atoms with Gasteiger partial charge in [-0.15, -0.1) is 12.4 Å². The van der Waals surface area contributed by atoms with Gasteiger partial charge in [-0.05, 0) is 25.8 Å². The summed E-state index contributed by atoms with van der Waals surface area (Å²) in [5, 5.41) is 23.4. The summed E-state index contributed by atoms with van der Waals surface area (Å²) < 4.78 is 0. The highest BCUT2D eigenvalue weighted by atomic mass is 35.5. The number of halogens is 1. The van der Waals surface area contributed by atoms with Gasteiger partial charge in [-0.1, -0.05) is 12.8 Å². The maximum atomic E-state index is 10.2. The van der Waals surface area contributed by atoms with Crippen LogP contribution < -0.4 is 5.32 Å². The van der Waals surface area contributed by atoms with Gasteiger partial charge in [0.25, 0.3) is 0 Å². The summed E-state index contributed by atoms with van der Waals surface area (Å²) in [5.74, 6) is 0. The van der Waals surface area contributed by atoms with E-state index in [0.29, 0.717) is 13.0 Å². The zero-order valence-corrected chi connectivity index (χ0v) is 8.57. The van der Waals surface area contributed by atoms with Crippen molar-refractivity contribution in [2.45, 2.75) is 43.3 Å². The van der Waals surface area contributed by atoms with E-state index in [4.69, 9.17) is 0 Å². The minimum Gasteiger partial charge on any atom is -0.387 e. The number of piperidine rings is 1. The van der Waals surface area contributed by atoms with Crippen molar-refractivity contribution in [2.75, 3.05) is 13.1 Å². The first-order valence-corrected chi connectivity index (χ1v) is 4.82. The first-order chi connectivity index (χ1) is 5.66. The third-order valence-corrected chi connectivity index (χ3v) is 3.43. The van der Waals surface area contributed by atoms with Crippen LogP contribution in [0.15, 0.2) is 0 Å². The summed E-state index contributed by atoms with van der Waals surface area (Å²) in [4.78, 5) is 0. The average molecular weight is 208 g/mol. The zero-order chi connectivity index (χ0) is 8.66. The summed E-state index contributed by atoms with van der Waals surface area (Å²) in [6, 6.07) is 0. The molecule has 0 aromatic rings. The molecule has 0 aromatic heterocycles. The minimum absolute atomic E-state index is 0. The number of hydrogen-bond donors (Lipinski definition) is 3.